The van der Waals surface area contributed by atoms with E-state index in [9.17, 15) is 10.2 Å². The molecule has 2 N–H and O–H groups in total. The summed E-state index contributed by atoms with van der Waals surface area (Å²) in [7, 11) is 0. The molecule has 1 aliphatic heterocycles. The Kier molecular flexibility index (Phi) is 2.54. The average Bonchev–Trinajstić information content (AvgIpc) is 2.24. The fourth-order valence-corrected chi connectivity index (χ4v) is 1.81. The number of hydrogen-bond donors (Lipinski definition) is 2. The van der Waals surface area contributed by atoms with Crippen LogP contribution in [0.3, 0.4) is 0 Å². The number of hydrogen-bond acceptors (Lipinski definition) is 3. The van der Waals surface area contributed by atoms with Crippen molar-refractivity contribution in [3.05, 3.63) is 35.9 Å². The van der Waals surface area contributed by atoms with Crippen LogP contribution in [0.15, 0.2) is 30.3 Å². The molecule has 3 heteroatoms. The van der Waals surface area contributed by atoms with Crippen molar-refractivity contribution in [2.75, 3.05) is 6.61 Å². The first kappa shape index (κ1) is 9.65. The van der Waals surface area contributed by atoms with Crippen molar-refractivity contribution in [2.45, 2.75) is 24.7 Å². The number of rotatable bonds is 1. The van der Waals surface area contributed by atoms with E-state index in [1.165, 1.54) is 0 Å². The Morgan fingerprint density at radius 1 is 1.29 bits per heavy atom. The molecule has 2 unspecified atom stereocenters. The SMILES string of the molecule is OC1OCCCC1(O)c1ccccc1. The van der Waals surface area contributed by atoms with Gasteiger partial charge in [-0.25, -0.2) is 0 Å². The van der Waals surface area contributed by atoms with Crippen LogP contribution in [0.1, 0.15) is 18.4 Å². The minimum absolute atomic E-state index is 0.510. The van der Waals surface area contributed by atoms with E-state index in [2.05, 4.69) is 0 Å². The van der Waals surface area contributed by atoms with Gasteiger partial charge in [0.15, 0.2) is 6.29 Å². The van der Waals surface area contributed by atoms with Gasteiger partial charge in [0.2, 0.25) is 0 Å². The van der Waals surface area contributed by atoms with Crippen molar-refractivity contribution >= 4 is 0 Å². The van der Waals surface area contributed by atoms with Gasteiger partial charge in [-0.05, 0) is 18.4 Å². The summed E-state index contributed by atoms with van der Waals surface area (Å²) in [5.74, 6) is 0. The van der Waals surface area contributed by atoms with E-state index in [4.69, 9.17) is 4.74 Å². The number of aliphatic hydroxyl groups is 2. The van der Waals surface area contributed by atoms with Gasteiger partial charge in [-0.2, -0.15) is 0 Å². The largest absolute Gasteiger partial charge is 0.380 e. The van der Waals surface area contributed by atoms with E-state index >= 15 is 0 Å². The van der Waals surface area contributed by atoms with Crippen LogP contribution in [0.5, 0.6) is 0 Å². The Morgan fingerprint density at radius 2 is 2.00 bits per heavy atom. The highest BCUT2D eigenvalue weighted by molar-refractivity contribution is 5.23. The lowest BCUT2D eigenvalue weighted by Gasteiger charge is -2.36. The second-order valence-corrected chi connectivity index (χ2v) is 3.62. The topological polar surface area (TPSA) is 49.7 Å². The highest BCUT2D eigenvalue weighted by atomic mass is 16.6. The van der Waals surface area contributed by atoms with Gasteiger partial charge in [0.25, 0.3) is 0 Å². The Bertz CT molecular complexity index is 299. The maximum atomic E-state index is 10.2. The third-order valence-corrected chi connectivity index (χ3v) is 2.66. The van der Waals surface area contributed by atoms with Crippen LogP contribution in [-0.4, -0.2) is 23.1 Å². The van der Waals surface area contributed by atoms with Crippen molar-refractivity contribution < 1.29 is 14.9 Å². The summed E-state index contributed by atoms with van der Waals surface area (Å²) in [4.78, 5) is 0. The van der Waals surface area contributed by atoms with E-state index in [0.29, 0.717) is 18.6 Å². The maximum Gasteiger partial charge on any atom is 0.188 e. The first-order chi connectivity index (χ1) is 6.73. The minimum Gasteiger partial charge on any atom is -0.380 e. The van der Waals surface area contributed by atoms with Crippen LogP contribution in [0.25, 0.3) is 0 Å². The normalized spacial score (nSPS) is 32.9. The fraction of sp³-hybridized carbons (Fsp3) is 0.455. The Morgan fingerprint density at radius 3 is 2.64 bits per heavy atom. The van der Waals surface area contributed by atoms with Gasteiger partial charge in [-0.3, -0.25) is 0 Å². The van der Waals surface area contributed by atoms with Crippen molar-refractivity contribution in [1.29, 1.82) is 0 Å². The van der Waals surface area contributed by atoms with Gasteiger partial charge < -0.3 is 14.9 Å². The summed E-state index contributed by atoms with van der Waals surface area (Å²) >= 11 is 0. The molecule has 0 amide bonds. The number of ether oxygens (including phenoxy) is 1. The second-order valence-electron chi connectivity index (χ2n) is 3.62. The van der Waals surface area contributed by atoms with E-state index in [1.807, 2.05) is 18.2 Å². The highest BCUT2D eigenvalue weighted by Gasteiger charge is 2.40. The van der Waals surface area contributed by atoms with Crippen molar-refractivity contribution in [1.82, 2.24) is 0 Å². The van der Waals surface area contributed by atoms with E-state index in [-0.39, 0.29) is 0 Å². The molecule has 2 atom stereocenters. The molecule has 1 aliphatic rings. The lowest BCUT2D eigenvalue weighted by molar-refractivity contribution is -0.244. The molecule has 3 nitrogen and oxygen atoms in total. The lowest BCUT2D eigenvalue weighted by Crippen LogP contribution is -2.44. The predicted octanol–water partition coefficient (Wildman–Crippen LogP) is 1.00. The third kappa shape index (κ3) is 1.54. The maximum absolute atomic E-state index is 10.2. The van der Waals surface area contributed by atoms with Gasteiger partial charge in [-0.1, -0.05) is 30.3 Å². The summed E-state index contributed by atoms with van der Waals surface area (Å²) < 4.78 is 5.05. The highest BCUT2D eigenvalue weighted by Crippen LogP contribution is 2.33. The van der Waals surface area contributed by atoms with Crippen LogP contribution < -0.4 is 0 Å². The molecule has 0 bridgehead atoms. The van der Waals surface area contributed by atoms with Gasteiger partial charge >= 0.3 is 0 Å². The zero-order chi connectivity index (χ0) is 10.0. The molecule has 1 saturated heterocycles. The quantitative estimate of drug-likeness (QED) is 0.701. The number of aliphatic hydroxyl groups excluding tert-OH is 1. The molecule has 14 heavy (non-hydrogen) atoms. The van der Waals surface area contributed by atoms with Gasteiger partial charge in [0, 0.05) is 0 Å². The molecular formula is C11H14O3. The van der Waals surface area contributed by atoms with E-state index in [0.717, 1.165) is 6.42 Å². The van der Waals surface area contributed by atoms with E-state index in [1.54, 1.807) is 12.1 Å². The van der Waals surface area contributed by atoms with Crippen LogP contribution >= 0.6 is 0 Å². The van der Waals surface area contributed by atoms with Crippen LogP contribution in [0.2, 0.25) is 0 Å². The zero-order valence-corrected chi connectivity index (χ0v) is 7.89. The first-order valence-electron chi connectivity index (χ1n) is 4.81. The molecule has 0 aromatic heterocycles. The standard InChI is InChI=1S/C11H14O3/c12-10-11(13,7-4-8-14-10)9-5-2-1-3-6-9/h1-3,5-6,10,12-13H,4,7-8H2. The van der Waals surface area contributed by atoms with E-state index < -0.39 is 11.9 Å². The smallest absolute Gasteiger partial charge is 0.188 e. The van der Waals surface area contributed by atoms with Crippen molar-refractivity contribution in [3.8, 4) is 0 Å². The molecule has 0 aliphatic carbocycles. The Labute approximate surface area is 83.0 Å². The molecule has 76 valence electrons. The Hall–Kier alpha value is -0.900. The van der Waals surface area contributed by atoms with Crippen molar-refractivity contribution in [2.24, 2.45) is 0 Å². The lowest BCUT2D eigenvalue weighted by atomic mass is 9.87. The van der Waals surface area contributed by atoms with Gasteiger partial charge in [0.05, 0.1) is 6.61 Å². The summed E-state index contributed by atoms with van der Waals surface area (Å²) in [6, 6.07) is 9.17. The molecule has 0 radical (unpaired) electrons. The van der Waals surface area contributed by atoms with Gasteiger partial charge in [0.1, 0.15) is 5.60 Å². The van der Waals surface area contributed by atoms with Gasteiger partial charge in [-0.15, -0.1) is 0 Å². The van der Waals surface area contributed by atoms with Crippen LogP contribution in [0.4, 0.5) is 0 Å². The summed E-state index contributed by atoms with van der Waals surface area (Å²) in [6.45, 7) is 0.510. The Balaban J connectivity index is 2.30. The second kappa shape index (κ2) is 3.69. The molecule has 1 aromatic carbocycles. The summed E-state index contributed by atoms with van der Waals surface area (Å²) in [6.07, 6.45) is 0.194. The molecule has 1 aromatic rings. The minimum atomic E-state index is -1.24. The average molecular weight is 194 g/mol. The molecule has 1 heterocycles. The molecule has 0 spiro atoms. The number of benzene rings is 1. The molecule has 1 fully saturated rings. The molecule has 0 saturated carbocycles. The van der Waals surface area contributed by atoms with Crippen LogP contribution in [-0.2, 0) is 10.3 Å². The monoisotopic (exact) mass is 194 g/mol. The van der Waals surface area contributed by atoms with Crippen LogP contribution in [0, 0.1) is 0 Å². The van der Waals surface area contributed by atoms with Crippen molar-refractivity contribution in [3.63, 3.8) is 0 Å². The fourth-order valence-electron chi connectivity index (χ4n) is 1.81. The summed E-state index contributed by atoms with van der Waals surface area (Å²) in [5.41, 5.74) is -0.522. The molecule has 2 rings (SSSR count). The zero-order valence-electron chi connectivity index (χ0n) is 7.89. The molecular weight excluding hydrogens is 180 g/mol. The predicted molar refractivity (Wildman–Crippen MR) is 51.5 cm³/mol. The summed E-state index contributed by atoms with van der Waals surface area (Å²) in [5, 5.41) is 19.8. The third-order valence-electron chi connectivity index (χ3n) is 2.66. The first-order valence-corrected chi connectivity index (χ1v) is 4.81.